The average molecular weight is 477 g/mol. The summed E-state index contributed by atoms with van der Waals surface area (Å²) in [6.45, 7) is 7.05. The number of anilines is 1. The van der Waals surface area contributed by atoms with Gasteiger partial charge in [-0.3, -0.25) is 9.69 Å². The Morgan fingerprint density at radius 3 is 2.50 bits per heavy atom. The highest BCUT2D eigenvalue weighted by Gasteiger charge is 2.27. The first-order valence-corrected chi connectivity index (χ1v) is 11.6. The molecule has 0 N–H and O–H groups in total. The van der Waals surface area contributed by atoms with Gasteiger partial charge in [-0.1, -0.05) is 47.5 Å². The van der Waals surface area contributed by atoms with E-state index in [1.54, 1.807) is 6.20 Å². The van der Waals surface area contributed by atoms with Gasteiger partial charge >= 0.3 is 0 Å². The summed E-state index contributed by atoms with van der Waals surface area (Å²) in [7, 11) is 0. The quantitative estimate of drug-likeness (QED) is 0.428. The lowest BCUT2D eigenvalue weighted by molar-refractivity contribution is 0.173. The fourth-order valence-corrected chi connectivity index (χ4v) is 4.45. The Balaban J connectivity index is 1.27. The van der Waals surface area contributed by atoms with Crippen LogP contribution < -0.4 is 10.5 Å². The molecule has 0 saturated carbocycles. The predicted octanol–water partition coefficient (Wildman–Crippen LogP) is 4.13. The van der Waals surface area contributed by atoms with Crippen LogP contribution in [-0.4, -0.2) is 51.1 Å². The normalized spacial score (nSPS) is 15.4. The largest absolute Gasteiger partial charge is 0.419 e. The molecule has 1 fully saturated rings. The molecule has 9 heteroatoms. The van der Waals surface area contributed by atoms with Crippen LogP contribution in [0.5, 0.6) is 0 Å². The molecule has 3 heterocycles. The molecule has 1 aliphatic rings. The van der Waals surface area contributed by atoms with Crippen LogP contribution in [0.1, 0.15) is 24.4 Å². The van der Waals surface area contributed by atoms with Gasteiger partial charge in [0.05, 0.1) is 23.6 Å². The Morgan fingerprint density at radius 2 is 1.76 bits per heavy atom. The molecule has 1 atom stereocenters. The van der Waals surface area contributed by atoms with Crippen LogP contribution in [0, 0.1) is 6.92 Å². The van der Waals surface area contributed by atoms with Crippen LogP contribution in [0.4, 0.5) is 5.69 Å². The van der Waals surface area contributed by atoms with E-state index >= 15 is 0 Å². The average Bonchev–Trinajstić information content (AvgIpc) is 3.36. The van der Waals surface area contributed by atoms with Gasteiger partial charge in [-0.25, -0.2) is 0 Å². The summed E-state index contributed by atoms with van der Waals surface area (Å²) >= 11 is 6.49. The number of para-hydroxylation sites is 1. The standard InChI is InChI=1S/C25H25ClN6O2/c1-17-7-6-8-19(15-17)24-29-28-23(34-24)18(2)30-11-13-31(14-12-30)21-16-27-32(25(33)22(21)26)20-9-4-3-5-10-20/h3-10,15-16,18H,11-14H2,1-2H3. The van der Waals surface area contributed by atoms with Gasteiger partial charge in [0.15, 0.2) is 0 Å². The molecule has 174 valence electrons. The maximum atomic E-state index is 12.8. The van der Waals surface area contributed by atoms with E-state index in [2.05, 4.69) is 32.0 Å². The Kier molecular flexibility index (Phi) is 6.17. The van der Waals surface area contributed by atoms with Crippen molar-refractivity contribution in [2.45, 2.75) is 19.9 Å². The fraction of sp³-hybridized carbons (Fsp3) is 0.280. The van der Waals surface area contributed by atoms with Crippen molar-refractivity contribution in [3.05, 3.63) is 87.6 Å². The molecule has 2 aromatic heterocycles. The number of nitrogens with zero attached hydrogens (tertiary/aromatic N) is 6. The van der Waals surface area contributed by atoms with Gasteiger partial charge in [0.25, 0.3) is 5.56 Å². The van der Waals surface area contributed by atoms with Gasteiger partial charge < -0.3 is 9.32 Å². The molecule has 0 bridgehead atoms. The highest BCUT2D eigenvalue weighted by atomic mass is 35.5. The molecule has 1 aliphatic heterocycles. The lowest BCUT2D eigenvalue weighted by Gasteiger charge is -2.38. The molecule has 34 heavy (non-hydrogen) atoms. The Hall–Kier alpha value is -3.49. The van der Waals surface area contributed by atoms with E-state index < -0.39 is 0 Å². The molecule has 2 aromatic carbocycles. The number of benzene rings is 2. The number of aryl methyl sites for hydroxylation is 1. The minimum atomic E-state index is -0.323. The Morgan fingerprint density at radius 1 is 1.00 bits per heavy atom. The lowest BCUT2D eigenvalue weighted by atomic mass is 10.1. The minimum absolute atomic E-state index is 0.0205. The van der Waals surface area contributed by atoms with E-state index in [-0.39, 0.29) is 16.6 Å². The topological polar surface area (TPSA) is 80.3 Å². The van der Waals surface area contributed by atoms with Gasteiger partial charge in [0.2, 0.25) is 11.8 Å². The SMILES string of the molecule is Cc1cccc(-c2nnc(C(C)N3CCN(c4cnn(-c5ccccc5)c(=O)c4Cl)CC3)o2)c1. The van der Waals surface area contributed by atoms with Crippen molar-refractivity contribution in [2.24, 2.45) is 0 Å². The monoisotopic (exact) mass is 476 g/mol. The van der Waals surface area contributed by atoms with E-state index in [9.17, 15) is 4.79 Å². The van der Waals surface area contributed by atoms with Crippen molar-refractivity contribution in [1.29, 1.82) is 0 Å². The van der Waals surface area contributed by atoms with Crippen molar-refractivity contribution >= 4 is 17.3 Å². The van der Waals surface area contributed by atoms with Crippen molar-refractivity contribution in [2.75, 3.05) is 31.1 Å². The van der Waals surface area contributed by atoms with E-state index in [1.807, 2.05) is 61.5 Å². The summed E-state index contributed by atoms with van der Waals surface area (Å²) < 4.78 is 7.31. The van der Waals surface area contributed by atoms with Crippen LogP contribution in [0.25, 0.3) is 17.1 Å². The Labute approximate surface area is 202 Å². The van der Waals surface area contributed by atoms with Gasteiger partial charge in [0, 0.05) is 31.7 Å². The maximum absolute atomic E-state index is 12.8. The molecule has 1 saturated heterocycles. The molecule has 4 aromatic rings. The zero-order chi connectivity index (χ0) is 23.7. The first-order chi connectivity index (χ1) is 16.5. The third-order valence-corrected chi connectivity index (χ3v) is 6.52. The molecule has 5 rings (SSSR count). The molecule has 0 amide bonds. The maximum Gasteiger partial charge on any atom is 0.292 e. The molecule has 0 spiro atoms. The van der Waals surface area contributed by atoms with Crippen LogP contribution in [0.3, 0.4) is 0 Å². The molecule has 1 unspecified atom stereocenters. The summed E-state index contributed by atoms with van der Waals surface area (Å²) in [6.07, 6.45) is 1.67. The van der Waals surface area contributed by atoms with Crippen molar-refractivity contribution in [3.8, 4) is 17.1 Å². The second kappa shape index (κ2) is 9.40. The number of hydrogen-bond donors (Lipinski definition) is 0. The Bertz CT molecular complexity index is 1350. The first-order valence-electron chi connectivity index (χ1n) is 11.2. The summed E-state index contributed by atoms with van der Waals surface area (Å²) in [6, 6.07) is 17.3. The fourth-order valence-electron chi connectivity index (χ4n) is 4.20. The van der Waals surface area contributed by atoms with Crippen LogP contribution in [-0.2, 0) is 0 Å². The molecular formula is C25H25ClN6O2. The number of hydrogen-bond acceptors (Lipinski definition) is 7. The molecule has 0 aliphatic carbocycles. The lowest BCUT2D eigenvalue weighted by Crippen LogP contribution is -2.47. The molecule has 8 nitrogen and oxygen atoms in total. The number of aromatic nitrogens is 4. The first kappa shape index (κ1) is 22.3. The predicted molar refractivity (Wildman–Crippen MR) is 132 cm³/mol. The smallest absolute Gasteiger partial charge is 0.292 e. The van der Waals surface area contributed by atoms with Crippen LogP contribution >= 0.6 is 11.6 Å². The summed E-state index contributed by atoms with van der Waals surface area (Å²) in [5, 5.41) is 13.1. The minimum Gasteiger partial charge on any atom is -0.419 e. The summed E-state index contributed by atoms with van der Waals surface area (Å²) in [5.74, 6) is 1.12. The highest BCUT2D eigenvalue weighted by molar-refractivity contribution is 6.33. The van der Waals surface area contributed by atoms with Gasteiger partial charge in [0.1, 0.15) is 5.02 Å². The van der Waals surface area contributed by atoms with Gasteiger partial charge in [-0.05, 0) is 38.1 Å². The third kappa shape index (κ3) is 4.34. The van der Waals surface area contributed by atoms with Crippen LogP contribution in [0.15, 0.2) is 70.0 Å². The van der Waals surface area contributed by atoms with Gasteiger partial charge in [-0.15, -0.1) is 10.2 Å². The van der Waals surface area contributed by atoms with Crippen LogP contribution in [0.2, 0.25) is 5.02 Å². The van der Waals surface area contributed by atoms with Gasteiger partial charge in [-0.2, -0.15) is 9.78 Å². The van der Waals surface area contributed by atoms with Crippen molar-refractivity contribution < 1.29 is 4.42 Å². The van der Waals surface area contributed by atoms with E-state index in [0.717, 1.165) is 24.2 Å². The third-order valence-electron chi connectivity index (χ3n) is 6.17. The second-order valence-corrected chi connectivity index (χ2v) is 8.79. The van der Waals surface area contributed by atoms with Crippen molar-refractivity contribution in [1.82, 2.24) is 24.9 Å². The summed E-state index contributed by atoms with van der Waals surface area (Å²) in [5.41, 5.74) is 3.08. The zero-order valence-corrected chi connectivity index (χ0v) is 19.8. The van der Waals surface area contributed by atoms with E-state index in [0.29, 0.717) is 36.2 Å². The van der Waals surface area contributed by atoms with E-state index in [1.165, 1.54) is 4.68 Å². The number of rotatable bonds is 5. The summed E-state index contributed by atoms with van der Waals surface area (Å²) in [4.78, 5) is 17.2. The number of piperazine rings is 1. The highest BCUT2D eigenvalue weighted by Crippen LogP contribution is 2.28. The van der Waals surface area contributed by atoms with Crippen molar-refractivity contribution in [3.63, 3.8) is 0 Å². The number of halogens is 1. The van der Waals surface area contributed by atoms with E-state index in [4.69, 9.17) is 16.0 Å². The molecule has 0 radical (unpaired) electrons. The molecular weight excluding hydrogens is 452 g/mol. The second-order valence-electron chi connectivity index (χ2n) is 8.41. The zero-order valence-electron chi connectivity index (χ0n) is 19.1.